The summed E-state index contributed by atoms with van der Waals surface area (Å²) < 4.78 is 1.98. The molecule has 4 heteroatoms. The second-order valence-electron chi connectivity index (χ2n) is 4.45. The van der Waals surface area contributed by atoms with Crippen molar-refractivity contribution in [2.45, 2.75) is 13.5 Å². The summed E-state index contributed by atoms with van der Waals surface area (Å²) >= 11 is 0. The lowest BCUT2D eigenvalue weighted by Crippen LogP contribution is -2.24. The van der Waals surface area contributed by atoms with Crippen molar-refractivity contribution in [3.63, 3.8) is 0 Å². The van der Waals surface area contributed by atoms with Crippen molar-refractivity contribution in [3.8, 4) is 11.3 Å². The number of nitrogens with zero attached hydrogens (tertiary/aromatic N) is 2. The van der Waals surface area contributed by atoms with Gasteiger partial charge in [0, 0.05) is 12.6 Å². The van der Waals surface area contributed by atoms with Gasteiger partial charge in [0.15, 0.2) is 0 Å². The summed E-state index contributed by atoms with van der Waals surface area (Å²) in [4.78, 5) is 15.8. The molecule has 1 amide bonds. The van der Waals surface area contributed by atoms with Crippen molar-refractivity contribution in [1.29, 1.82) is 0 Å². The van der Waals surface area contributed by atoms with Crippen molar-refractivity contribution in [2.24, 2.45) is 7.05 Å². The van der Waals surface area contributed by atoms with E-state index >= 15 is 0 Å². The van der Waals surface area contributed by atoms with Crippen LogP contribution in [0.5, 0.6) is 0 Å². The zero-order valence-corrected chi connectivity index (χ0v) is 11.2. The number of imidazole rings is 1. The Balaban J connectivity index is 2.15. The number of hydrogen-bond acceptors (Lipinski definition) is 2. The quantitative estimate of drug-likeness (QED) is 0.852. The van der Waals surface area contributed by atoms with Gasteiger partial charge in [0.1, 0.15) is 5.82 Å². The highest BCUT2D eigenvalue weighted by Gasteiger charge is 2.09. The third kappa shape index (κ3) is 2.91. The molecule has 4 nitrogen and oxygen atoms in total. The number of amides is 1. The van der Waals surface area contributed by atoms with Crippen molar-refractivity contribution in [3.05, 3.63) is 54.5 Å². The molecule has 0 atom stereocenters. The molecule has 0 aliphatic heterocycles. The van der Waals surface area contributed by atoms with E-state index in [0.717, 1.165) is 17.1 Å². The highest BCUT2D eigenvalue weighted by molar-refractivity contribution is 5.91. The average molecular weight is 255 g/mol. The van der Waals surface area contributed by atoms with E-state index in [1.54, 1.807) is 6.92 Å². The van der Waals surface area contributed by atoms with Gasteiger partial charge in [0.2, 0.25) is 5.91 Å². The molecule has 0 spiro atoms. The van der Waals surface area contributed by atoms with E-state index in [1.165, 1.54) is 0 Å². The Kier molecular flexibility index (Phi) is 3.80. The van der Waals surface area contributed by atoms with Crippen LogP contribution in [0.4, 0.5) is 0 Å². The number of rotatable bonds is 4. The van der Waals surface area contributed by atoms with Crippen LogP contribution in [0.15, 0.2) is 48.7 Å². The molecule has 0 aliphatic carbocycles. The van der Waals surface area contributed by atoms with E-state index in [9.17, 15) is 4.79 Å². The maximum atomic E-state index is 11.5. The number of carbonyl (C=O) groups is 1. The third-order valence-corrected chi connectivity index (χ3v) is 2.95. The molecule has 0 fully saturated rings. The van der Waals surface area contributed by atoms with Crippen LogP contribution < -0.4 is 5.32 Å². The molecule has 19 heavy (non-hydrogen) atoms. The molecular weight excluding hydrogens is 238 g/mol. The maximum Gasteiger partial charge on any atom is 0.246 e. The minimum Gasteiger partial charge on any atom is -0.345 e. The van der Waals surface area contributed by atoms with Crippen molar-refractivity contribution < 1.29 is 4.79 Å². The Morgan fingerprint density at radius 2 is 2.05 bits per heavy atom. The van der Waals surface area contributed by atoms with Crippen molar-refractivity contribution >= 4 is 5.91 Å². The number of benzene rings is 1. The van der Waals surface area contributed by atoms with E-state index < -0.39 is 0 Å². The Morgan fingerprint density at radius 1 is 1.37 bits per heavy atom. The molecule has 0 aliphatic rings. The van der Waals surface area contributed by atoms with Gasteiger partial charge in [0.25, 0.3) is 0 Å². The van der Waals surface area contributed by atoms with Crippen LogP contribution >= 0.6 is 0 Å². The molecule has 0 saturated heterocycles. The molecule has 98 valence electrons. The van der Waals surface area contributed by atoms with Crippen molar-refractivity contribution in [2.75, 3.05) is 0 Å². The molecule has 2 rings (SSSR count). The summed E-state index contributed by atoms with van der Waals surface area (Å²) in [7, 11) is 1.94. The lowest BCUT2D eigenvalue weighted by molar-refractivity contribution is -0.117. The fourth-order valence-electron chi connectivity index (χ4n) is 1.80. The number of aromatic nitrogens is 2. The predicted molar refractivity (Wildman–Crippen MR) is 75.3 cm³/mol. The van der Waals surface area contributed by atoms with Gasteiger partial charge in [-0.15, -0.1) is 0 Å². The summed E-state index contributed by atoms with van der Waals surface area (Å²) in [6.07, 6.45) is 1.82. The Hall–Kier alpha value is -2.36. The van der Waals surface area contributed by atoms with E-state index in [-0.39, 0.29) is 5.91 Å². The minimum absolute atomic E-state index is 0.149. The van der Waals surface area contributed by atoms with Gasteiger partial charge in [-0.2, -0.15) is 0 Å². The van der Waals surface area contributed by atoms with Crippen LogP contribution in [0, 0.1) is 0 Å². The largest absolute Gasteiger partial charge is 0.345 e. The Labute approximate surface area is 112 Å². The number of hydrogen-bond donors (Lipinski definition) is 1. The highest BCUT2D eigenvalue weighted by Crippen LogP contribution is 2.19. The normalized spacial score (nSPS) is 10.2. The molecule has 0 radical (unpaired) electrons. The van der Waals surface area contributed by atoms with Gasteiger partial charge in [-0.1, -0.05) is 36.9 Å². The van der Waals surface area contributed by atoms with Crippen LogP contribution in [0.25, 0.3) is 11.3 Å². The second-order valence-corrected chi connectivity index (χ2v) is 4.45. The van der Waals surface area contributed by atoms with E-state index in [4.69, 9.17) is 0 Å². The zero-order chi connectivity index (χ0) is 13.8. The van der Waals surface area contributed by atoms with Crippen LogP contribution in [0.2, 0.25) is 0 Å². The lowest BCUT2D eigenvalue weighted by atomic mass is 10.2. The zero-order valence-electron chi connectivity index (χ0n) is 11.2. The number of carbonyl (C=O) groups excluding carboxylic acids is 1. The molecule has 2 aromatic rings. The average Bonchev–Trinajstić information content (AvgIpc) is 2.78. The molecule has 0 unspecified atom stereocenters. The molecule has 1 N–H and O–H groups in total. The SMILES string of the molecule is C=C(C)C(=O)NCc1ncc(-c2ccccc2)n1C. The van der Waals surface area contributed by atoms with Crippen LogP contribution in [0.1, 0.15) is 12.7 Å². The first-order chi connectivity index (χ1) is 9.09. The third-order valence-electron chi connectivity index (χ3n) is 2.95. The van der Waals surface area contributed by atoms with Gasteiger partial charge < -0.3 is 9.88 Å². The molecule has 1 heterocycles. The highest BCUT2D eigenvalue weighted by atomic mass is 16.1. The first-order valence-corrected chi connectivity index (χ1v) is 6.09. The number of nitrogens with one attached hydrogen (secondary N) is 1. The minimum atomic E-state index is -0.149. The standard InChI is InChI=1S/C15H17N3O/c1-11(2)15(19)17-10-14-16-9-13(18(14)3)12-7-5-4-6-8-12/h4-9H,1,10H2,2-3H3,(H,17,19). The van der Waals surface area contributed by atoms with Crippen LogP contribution in [0.3, 0.4) is 0 Å². The molecular formula is C15H17N3O. The monoisotopic (exact) mass is 255 g/mol. The summed E-state index contributed by atoms with van der Waals surface area (Å²) in [5.74, 6) is 0.665. The smallest absolute Gasteiger partial charge is 0.246 e. The second kappa shape index (κ2) is 5.52. The summed E-state index contributed by atoms with van der Waals surface area (Å²) in [6.45, 7) is 5.68. The van der Waals surface area contributed by atoms with Crippen molar-refractivity contribution in [1.82, 2.24) is 14.9 Å². The summed E-state index contributed by atoms with van der Waals surface area (Å²) in [5.41, 5.74) is 2.63. The first kappa shape index (κ1) is 13.1. The Bertz CT molecular complexity index is 599. The topological polar surface area (TPSA) is 46.9 Å². The fraction of sp³-hybridized carbons (Fsp3) is 0.200. The van der Waals surface area contributed by atoms with E-state index in [0.29, 0.717) is 12.1 Å². The molecule has 0 saturated carbocycles. The summed E-state index contributed by atoms with van der Waals surface area (Å²) in [5, 5.41) is 2.78. The first-order valence-electron chi connectivity index (χ1n) is 6.09. The summed E-state index contributed by atoms with van der Waals surface area (Å²) in [6, 6.07) is 10.0. The van der Waals surface area contributed by atoms with Crippen LogP contribution in [-0.4, -0.2) is 15.5 Å². The van der Waals surface area contributed by atoms with Gasteiger partial charge in [0.05, 0.1) is 18.4 Å². The molecule has 1 aromatic heterocycles. The Morgan fingerprint density at radius 3 is 2.68 bits per heavy atom. The fourth-order valence-corrected chi connectivity index (χ4v) is 1.80. The van der Waals surface area contributed by atoms with Gasteiger partial charge in [-0.05, 0) is 12.5 Å². The van der Waals surface area contributed by atoms with E-state index in [2.05, 4.69) is 16.9 Å². The van der Waals surface area contributed by atoms with Gasteiger partial charge >= 0.3 is 0 Å². The van der Waals surface area contributed by atoms with E-state index in [1.807, 2.05) is 48.1 Å². The van der Waals surface area contributed by atoms with Gasteiger partial charge in [-0.3, -0.25) is 4.79 Å². The lowest BCUT2D eigenvalue weighted by Gasteiger charge is -2.07. The molecule has 1 aromatic carbocycles. The molecule has 0 bridgehead atoms. The predicted octanol–water partition coefficient (Wildman–Crippen LogP) is 2.28. The maximum absolute atomic E-state index is 11.5. The van der Waals surface area contributed by atoms with Crippen LogP contribution in [-0.2, 0) is 18.4 Å². The van der Waals surface area contributed by atoms with Gasteiger partial charge in [-0.25, -0.2) is 4.98 Å².